The first-order chi connectivity index (χ1) is 4.85. The zero-order valence-electron chi connectivity index (χ0n) is 8.28. The molecule has 2 N–H and O–H groups in total. The molecule has 1 rings (SSSR count). The lowest BCUT2D eigenvalue weighted by molar-refractivity contribution is 0.0831. The van der Waals surface area contributed by atoms with Crippen LogP contribution in [0.1, 0.15) is 47.0 Å². The summed E-state index contributed by atoms with van der Waals surface area (Å²) in [5.74, 6) is 0.863. The Balaban J connectivity index is 2.72. The molecule has 0 aliphatic heterocycles. The van der Waals surface area contributed by atoms with Gasteiger partial charge < -0.3 is 5.73 Å². The van der Waals surface area contributed by atoms with Gasteiger partial charge in [0.1, 0.15) is 0 Å². The van der Waals surface area contributed by atoms with Crippen molar-refractivity contribution in [3.63, 3.8) is 0 Å². The van der Waals surface area contributed by atoms with Gasteiger partial charge >= 0.3 is 0 Å². The standard InChI is InChI=1S/C10H21N/c1-8-5-6-10(4,11)9(2,3)7-8/h8H,5-7,11H2,1-4H3. The van der Waals surface area contributed by atoms with E-state index in [1.54, 1.807) is 0 Å². The number of nitrogens with two attached hydrogens (primary N) is 1. The number of hydrogen-bond donors (Lipinski definition) is 1. The minimum atomic E-state index is 0.0551. The first-order valence-electron chi connectivity index (χ1n) is 4.64. The molecule has 0 aromatic rings. The summed E-state index contributed by atoms with van der Waals surface area (Å²) in [6, 6.07) is 0. The molecule has 11 heavy (non-hydrogen) atoms. The average Bonchev–Trinajstić information content (AvgIpc) is 1.80. The first-order valence-corrected chi connectivity index (χ1v) is 4.64. The molecule has 0 aromatic carbocycles. The third-order valence-corrected chi connectivity index (χ3v) is 3.56. The van der Waals surface area contributed by atoms with Crippen LogP contribution in [0.2, 0.25) is 0 Å². The topological polar surface area (TPSA) is 26.0 Å². The maximum absolute atomic E-state index is 6.22. The molecular formula is C10H21N. The molecule has 0 spiro atoms. The van der Waals surface area contributed by atoms with Crippen LogP contribution in [0.25, 0.3) is 0 Å². The Morgan fingerprint density at radius 3 is 2.18 bits per heavy atom. The summed E-state index contributed by atoms with van der Waals surface area (Å²) in [6.45, 7) is 9.11. The van der Waals surface area contributed by atoms with Gasteiger partial charge in [-0.3, -0.25) is 0 Å². The van der Waals surface area contributed by atoms with E-state index in [9.17, 15) is 0 Å². The molecule has 1 nitrogen and oxygen atoms in total. The van der Waals surface area contributed by atoms with Crippen LogP contribution in [0.3, 0.4) is 0 Å². The van der Waals surface area contributed by atoms with E-state index in [1.165, 1.54) is 19.3 Å². The monoisotopic (exact) mass is 155 g/mol. The molecule has 0 saturated heterocycles. The minimum absolute atomic E-state index is 0.0551. The van der Waals surface area contributed by atoms with Gasteiger partial charge in [-0.15, -0.1) is 0 Å². The molecule has 0 radical (unpaired) electrons. The molecule has 0 heterocycles. The van der Waals surface area contributed by atoms with Gasteiger partial charge in [-0.05, 0) is 37.5 Å². The lowest BCUT2D eigenvalue weighted by Crippen LogP contribution is -2.53. The Hall–Kier alpha value is -0.0400. The predicted molar refractivity (Wildman–Crippen MR) is 49.4 cm³/mol. The average molecular weight is 155 g/mol. The molecule has 0 bridgehead atoms. The molecule has 0 aromatic heterocycles. The Kier molecular flexibility index (Phi) is 2.04. The van der Waals surface area contributed by atoms with Gasteiger partial charge in [0.15, 0.2) is 0 Å². The van der Waals surface area contributed by atoms with E-state index in [-0.39, 0.29) is 5.54 Å². The van der Waals surface area contributed by atoms with Gasteiger partial charge in [-0.1, -0.05) is 20.8 Å². The van der Waals surface area contributed by atoms with E-state index in [4.69, 9.17) is 5.73 Å². The largest absolute Gasteiger partial charge is 0.325 e. The summed E-state index contributed by atoms with van der Waals surface area (Å²) < 4.78 is 0. The van der Waals surface area contributed by atoms with Crippen LogP contribution in [0.15, 0.2) is 0 Å². The molecule has 2 atom stereocenters. The van der Waals surface area contributed by atoms with Crippen molar-refractivity contribution in [3.8, 4) is 0 Å². The van der Waals surface area contributed by atoms with Gasteiger partial charge in [0.25, 0.3) is 0 Å². The van der Waals surface area contributed by atoms with E-state index in [0.29, 0.717) is 5.41 Å². The van der Waals surface area contributed by atoms with Crippen molar-refractivity contribution in [2.45, 2.75) is 52.5 Å². The summed E-state index contributed by atoms with van der Waals surface area (Å²) in [4.78, 5) is 0. The van der Waals surface area contributed by atoms with E-state index < -0.39 is 0 Å². The van der Waals surface area contributed by atoms with Crippen LogP contribution in [0.4, 0.5) is 0 Å². The highest BCUT2D eigenvalue weighted by atomic mass is 14.8. The van der Waals surface area contributed by atoms with Crippen LogP contribution < -0.4 is 5.73 Å². The molecule has 1 saturated carbocycles. The molecular weight excluding hydrogens is 134 g/mol. The molecule has 1 aliphatic rings. The van der Waals surface area contributed by atoms with Crippen molar-refractivity contribution in [2.24, 2.45) is 17.1 Å². The summed E-state index contributed by atoms with van der Waals surface area (Å²) in [5.41, 5.74) is 6.60. The molecule has 1 heteroatoms. The van der Waals surface area contributed by atoms with Crippen molar-refractivity contribution >= 4 is 0 Å². The van der Waals surface area contributed by atoms with Gasteiger partial charge in [0, 0.05) is 5.54 Å². The van der Waals surface area contributed by atoms with Gasteiger partial charge in [-0.2, -0.15) is 0 Å². The van der Waals surface area contributed by atoms with Crippen molar-refractivity contribution in [3.05, 3.63) is 0 Å². The fraction of sp³-hybridized carbons (Fsp3) is 1.00. The fourth-order valence-corrected chi connectivity index (χ4v) is 2.09. The van der Waals surface area contributed by atoms with Crippen molar-refractivity contribution in [1.82, 2.24) is 0 Å². The highest BCUT2D eigenvalue weighted by molar-refractivity contribution is 4.98. The van der Waals surface area contributed by atoms with E-state index in [1.807, 2.05) is 0 Å². The minimum Gasteiger partial charge on any atom is -0.325 e. The zero-order chi connectivity index (χ0) is 8.70. The number of hydrogen-bond acceptors (Lipinski definition) is 1. The Bertz CT molecular complexity index is 147. The van der Waals surface area contributed by atoms with Crippen LogP contribution in [-0.4, -0.2) is 5.54 Å². The second-order valence-corrected chi connectivity index (χ2v) is 5.15. The van der Waals surface area contributed by atoms with E-state index >= 15 is 0 Å². The third-order valence-electron chi connectivity index (χ3n) is 3.56. The normalized spacial score (nSPS) is 43.9. The summed E-state index contributed by atoms with van der Waals surface area (Å²) >= 11 is 0. The SMILES string of the molecule is CC1CCC(C)(N)C(C)(C)C1. The Morgan fingerprint density at radius 2 is 1.82 bits per heavy atom. The van der Waals surface area contributed by atoms with Gasteiger partial charge in [0.2, 0.25) is 0 Å². The van der Waals surface area contributed by atoms with Crippen LogP contribution in [-0.2, 0) is 0 Å². The van der Waals surface area contributed by atoms with Crippen molar-refractivity contribution < 1.29 is 0 Å². The highest BCUT2D eigenvalue weighted by Crippen LogP contribution is 2.44. The van der Waals surface area contributed by atoms with E-state index in [2.05, 4.69) is 27.7 Å². The summed E-state index contributed by atoms with van der Waals surface area (Å²) in [6.07, 6.45) is 3.76. The second kappa shape index (κ2) is 2.48. The predicted octanol–water partition coefficient (Wildman–Crippen LogP) is 2.55. The highest BCUT2D eigenvalue weighted by Gasteiger charge is 2.41. The second-order valence-electron chi connectivity index (χ2n) is 5.15. The Labute approximate surface area is 70.4 Å². The number of rotatable bonds is 0. The summed E-state index contributed by atoms with van der Waals surface area (Å²) in [5, 5.41) is 0. The zero-order valence-corrected chi connectivity index (χ0v) is 8.28. The molecule has 1 aliphatic carbocycles. The quantitative estimate of drug-likeness (QED) is 0.571. The fourth-order valence-electron chi connectivity index (χ4n) is 2.09. The Morgan fingerprint density at radius 1 is 1.27 bits per heavy atom. The lowest BCUT2D eigenvalue weighted by Gasteiger charge is -2.47. The van der Waals surface area contributed by atoms with Gasteiger partial charge in [0.05, 0.1) is 0 Å². The van der Waals surface area contributed by atoms with Gasteiger partial charge in [-0.25, -0.2) is 0 Å². The van der Waals surface area contributed by atoms with Crippen molar-refractivity contribution in [1.29, 1.82) is 0 Å². The van der Waals surface area contributed by atoms with Crippen LogP contribution in [0, 0.1) is 11.3 Å². The molecule has 1 fully saturated rings. The van der Waals surface area contributed by atoms with E-state index in [0.717, 1.165) is 5.92 Å². The van der Waals surface area contributed by atoms with Crippen LogP contribution in [0.5, 0.6) is 0 Å². The molecule has 66 valence electrons. The van der Waals surface area contributed by atoms with Crippen molar-refractivity contribution in [2.75, 3.05) is 0 Å². The smallest absolute Gasteiger partial charge is 0.0177 e. The third kappa shape index (κ3) is 1.58. The maximum Gasteiger partial charge on any atom is 0.0177 e. The molecule has 2 unspecified atom stereocenters. The summed E-state index contributed by atoms with van der Waals surface area (Å²) in [7, 11) is 0. The first kappa shape index (κ1) is 9.05. The van der Waals surface area contributed by atoms with Crippen LogP contribution >= 0.6 is 0 Å². The molecule has 0 amide bonds. The maximum atomic E-state index is 6.22. The lowest BCUT2D eigenvalue weighted by atomic mass is 9.62.